The Morgan fingerprint density at radius 3 is 2.54 bits per heavy atom. The van der Waals surface area contributed by atoms with Gasteiger partial charge < -0.3 is 4.90 Å². The molecule has 5 heteroatoms. The molecule has 1 aliphatic rings. The largest absolute Gasteiger partial charge is 0.450 e. The van der Waals surface area contributed by atoms with Crippen LogP contribution in [0.4, 0.5) is 13.2 Å². The first-order valence-electron chi connectivity index (χ1n) is 4.21. The van der Waals surface area contributed by atoms with Crippen LogP contribution in [-0.2, 0) is 4.79 Å². The van der Waals surface area contributed by atoms with Crippen molar-refractivity contribution in [1.29, 1.82) is 0 Å². The number of hydrogen-bond donors (Lipinski definition) is 0. The Morgan fingerprint density at radius 2 is 2.08 bits per heavy atom. The van der Waals surface area contributed by atoms with E-state index in [0.717, 1.165) is 6.54 Å². The minimum Gasteiger partial charge on any atom is -0.306 e. The molecule has 0 amide bonds. The molecule has 0 aromatic rings. The van der Waals surface area contributed by atoms with Crippen molar-refractivity contribution in [2.24, 2.45) is 5.92 Å². The van der Waals surface area contributed by atoms with E-state index in [9.17, 15) is 18.0 Å². The maximum absolute atomic E-state index is 12.0. The van der Waals surface area contributed by atoms with E-state index in [1.54, 1.807) is 11.9 Å². The van der Waals surface area contributed by atoms with Gasteiger partial charge >= 0.3 is 6.18 Å². The number of alkyl halides is 3. The Morgan fingerprint density at radius 1 is 1.46 bits per heavy atom. The van der Waals surface area contributed by atoms with Crippen LogP contribution in [-0.4, -0.2) is 37.0 Å². The second-order valence-electron chi connectivity index (χ2n) is 3.46. The van der Waals surface area contributed by atoms with E-state index in [4.69, 9.17) is 0 Å². The highest BCUT2D eigenvalue weighted by Gasteiger charge is 2.43. The number of carbonyl (C=O) groups is 1. The van der Waals surface area contributed by atoms with Crippen LogP contribution in [0.1, 0.15) is 12.8 Å². The molecule has 1 heterocycles. The highest BCUT2D eigenvalue weighted by molar-refractivity contribution is 5.86. The van der Waals surface area contributed by atoms with Crippen molar-refractivity contribution >= 4 is 5.78 Å². The summed E-state index contributed by atoms with van der Waals surface area (Å²) >= 11 is 0. The van der Waals surface area contributed by atoms with Crippen molar-refractivity contribution in [2.75, 3.05) is 20.1 Å². The molecular formula is C8H12F3NO. The number of rotatable bonds is 1. The van der Waals surface area contributed by atoms with Crippen LogP contribution in [0.5, 0.6) is 0 Å². The van der Waals surface area contributed by atoms with E-state index in [-0.39, 0.29) is 6.54 Å². The van der Waals surface area contributed by atoms with E-state index >= 15 is 0 Å². The molecule has 1 fully saturated rings. The smallest absolute Gasteiger partial charge is 0.306 e. The molecule has 1 saturated heterocycles. The number of carbonyl (C=O) groups excluding carboxylic acids is 1. The van der Waals surface area contributed by atoms with Gasteiger partial charge in [-0.05, 0) is 26.4 Å². The summed E-state index contributed by atoms with van der Waals surface area (Å²) in [5.74, 6) is -2.42. The summed E-state index contributed by atoms with van der Waals surface area (Å²) in [4.78, 5) is 12.6. The molecule has 0 radical (unpaired) electrons. The quantitative estimate of drug-likeness (QED) is 0.631. The first kappa shape index (κ1) is 10.5. The average Bonchev–Trinajstić information content (AvgIpc) is 2.01. The van der Waals surface area contributed by atoms with Crippen molar-refractivity contribution in [3.05, 3.63) is 0 Å². The van der Waals surface area contributed by atoms with Gasteiger partial charge in [0.15, 0.2) is 0 Å². The summed E-state index contributed by atoms with van der Waals surface area (Å²) in [6.45, 7) is 1.01. The van der Waals surface area contributed by atoms with Crippen molar-refractivity contribution in [1.82, 2.24) is 4.90 Å². The van der Waals surface area contributed by atoms with Gasteiger partial charge in [0.05, 0.1) is 0 Å². The Balaban J connectivity index is 2.56. The van der Waals surface area contributed by atoms with E-state index in [1.807, 2.05) is 0 Å². The third-order valence-electron chi connectivity index (χ3n) is 2.27. The highest BCUT2D eigenvalue weighted by Crippen LogP contribution is 2.26. The van der Waals surface area contributed by atoms with Crippen molar-refractivity contribution in [3.8, 4) is 0 Å². The normalized spacial score (nSPS) is 26.0. The summed E-state index contributed by atoms with van der Waals surface area (Å²) in [5.41, 5.74) is 0. The van der Waals surface area contributed by atoms with Crippen LogP contribution < -0.4 is 0 Å². The Hall–Kier alpha value is -0.580. The number of likely N-dealkylation sites (tertiary alicyclic amines) is 1. The fraction of sp³-hybridized carbons (Fsp3) is 0.875. The molecule has 0 saturated carbocycles. The van der Waals surface area contributed by atoms with Crippen molar-refractivity contribution in [3.63, 3.8) is 0 Å². The van der Waals surface area contributed by atoms with Crippen LogP contribution in [0.2, 0.25) is 0 Å². The molecule has 1 atom stereocenters. The zero-order valence-corrected chi connectivity index (χ0v) is 7.40. The third kappa shape index (κ3) is 2.69. The molecule has 1 aliphatic heterocycles. The summed E-state index contributed by atoms with van der Waals surface area (Å²) in [6.07, 6.45) is -3.63. The monoisotopic (exact) mass is 195 g/mol. The molecular weight excluding hydrogens is 183 g/mol. The Bertz CT molecular complexity index is 202. The van der Waals surface area contributed by atoms with Crippen LogP contribution >= 0.6 is 0 Å². The first-order chi connectivity index (χ1) is 5.91. The summed E-state index contributed by atoms with van der Waals surface area (Å²) < 4.78 is 36.0. The fourth-order valence-electron chi connectivity index (χ4n) is 1.61. The second-order valence-corrected chi connectivity index (χ2v) is 3.46. The molecule has 0 aromatic heterocycles. The van der Waals surface area contributed by atoms with Gasteiger partial charge in [-0.25, -0.2) is 0 Å². The predicted molar refractivity (Wildman–Crippen MR) is 41.3 cm³/mol. The first-order valence-corrected chi connectivity index (χ1v) is 4.21. The fourth-order valence-corrected chi connectivity index (χ4v) is 1.61. The lowest BCUT2D eigenvalue weighted by molar-refractivity contribution is -0.177. The van der Waals surface area contributed by atoms with E-state index < -0.39 is 17.9 Å². The molecule has 13 heavy (non-hydrogen) atoms. The third-order valence-corrected chi connectivity index (χ3v) is 2.27. The van der Waals surface area contributed by atoms with Gasteiger partial charge in [0, 0.05) is 12.5 Å². The molecule has 0 unspecified atom stereocenters. The van der Waals surface area contributed by atoms with Gasteiger partial charge in [0.25, 0.3) is 0 Å². The maximum atomic E-state index is 12.0. The van der Waals surface area contributed by atoms with Gasteiger partial charge in [0.1, 0.15) is 0 Å². The highest BCUT2D eigenvalue weighted by atomic mass is 19.4. The van der Waals surface area contributed by atoms with Gasteiger partial charge in [-0.1, -0.05) is 0 Å². The SMILES string of the molecule is CN1CCC[C@H](C(=O)C(F)(F)F)C1. The van der Waals surface area contributed by atoms with E-state index in [1.165, 1.54) is 0 Å². The zero-order chi connectivity index (χ0) is 10.1. The molecule has 0 N–H and O–H groups in total. The van der Waals surface area contributed by atoms with Crippen LogP contribution in [0.15, 0.2) is 0 Å². The molecule has 2 nitrogen and oxygen atoms in total. The van der Waals surface area contributed by atoms with E-state index in [2.05, 4.69) is 0 Å². The minimum absolute atomic E-state index is 0.234. The summed E-state index contributed by atoms with van der Waals surface area (Å²) in [7, 11) is 1.73. The number of Topliss-reactive ketones (excluding diaryl/α,β-unsaturated/α-hetero) is 1. The molecule has 0 spiro atoms. The van der Waals surface area contributed by atoms with Crippen molar-refractivity contribution < 1.29 is 18.0 Å². The standard InChI is InChI=1S/C8H12F3NO/c1-12-4-2-3-6(5-12)7(13)8(9,10)11/h6H,2-5H2,1H3/t6-/m0/s1. The van der Waals surface area contributed by atoms with Crippen LogP contribution in [0.25, 0.3) is 0 Å². The van der Waals surface area contributed by atoms with Gasteiger partial charge in [-0.15, -0.1) is 0 Å². The lowest BCUT2D eigenvalue weighted by Gasteiger charge is -2.28. The average molecular weight is 195 g/mol. The minimum atomic E-state index is -4.66. The maximum Gasteiger partial charge on any atom is 0.450 e. The second kappa shape index (κ2) is 3.65. The molecule has 0 bridgehead atoms. The molecule has 1 rings (SSSR count). The molecule has 0 aliphatic carbocycles. The van der Waals surface area contributed by atoms with E-state index in [0.29, 0.717) is 12.8 Å². The number of hydrogen-bond acceptors (Lipinski definition) is 2. The van der Waals surface area contributed by atoms with Gasteiger partial charge in [-0.3, -0.25) is 4.79 Å². The van der Waals surface area contributed by atoms with Gasteiger partial charge in [0.2, 0.25) is 5.78 Å². The van der Waals surface area contributed by atoms with Crippen LogP contribution in [0, 0.1) is 5.92 Å². The number of halogens is 3. The summed E-state index contributed by atoms with van der Waals surface area (Å²) in [5, 5.41) is 0. The zero-order valence-electron chi connectivity index (χ0n) is 7.40. The lowest BCUT2D eigenvalue weighted by Crippen LogP contribution is -2.41. The van der Waals surface area contributed by atoms with Gasteiger partial charge in [-0.2, -0.15) is 13.2 Å². The van der Waals surface area contributed by atoms with Crippen LogP contribution in [0.3, 0.4) is 0 Å². The molecule has 76 valence electrons. The summed E-state index contributed by atoms with van der Waals surface area (Å²) in [6, 6.07) is 0. The Labute approximate surface area is 74.7 Å². The predicted octanol–water partition coefficient (Wildman–Crippen LogP) is 1.46. The lowest BCUT2D eigenvalue weighted by atomic mass is 9.94. The van der Waals surface area contributed by atoms with Crippen molar-refractivity contribution in [2.45, 2.75) is 19.0 Å². The molecule has 0 aromatic carbocycles. The number of ketones is 1. The Kier molecular flexibility index (Phi) is 2.95. The number of nitrogens with zero attached hydrogens (tertiary/aromatic N) is 1. The number of piperidine rings is 1. The topological polar surface area (TPSA) is 20.3 Å².